The molecule has 6 heteroatoms. The van der Waals surface area contributed by atoms with Crippen molar-refractivity contribution in [3.8, 4) is 0 Å². The number of nitrogens with one attached hydrogen (secondary N) is 1. The van der Waals surface area contributed by atoms with Gasteiger partial charge in [-0.05, 0) is 23.6 Å². The van der Waals surface area contributed by atoms with Crippen LogP contribution < -0.4 is 11.1 Å². The molecule has 1 amide bonds. The maximum atomic E-state index is 12.0. The Kier molecular flexibility index (Phi) is 4.70. The molecular formula is C13H17BrN2O3. The largest absolute Gasteiger partial charge is 0.478 e. The molecule has 5 nitrogen and oxygen atoms in total. The van der Waals surface area contributed by atoms with Gasteiger partial charge in [0.2, 0.25) is 5.91 Å². The number of halogens is 1. The van der Waals surface area contributed by atoms with E-state index < -0.39 is 23.3 Å². The molecule has 0 aliphatic carbocycles. The average molecular weight is 329 g/mol. The molecule has 0 aromatic heterocycles. The number of anilines is 1. The molecule has 0 unspecified atom stereocenters. The van der Waals surface area contributed by atoms with Gasteiger partial charge in [-0.15, -0.1) is 0 Å². The smallest absolute Gasteiger partial charge is 0.337 e. The summed E-state index contributed by atoms with van der Waals surface area (Å²) in [5.41, 5.74) is 5.68. The highest BCUT2D eigenvalue weighted by Crippen LogP contribution is 2.23. The molecule has 0 saturated carbocycles. The summed E-state index contributed by atoms with van der Waals surface area (Å²) in [5.74, 6) is -1.52. The molecule has 0 heterocycles. The van der Waals surface area contributed by atoms with E-state index in [4.69, 9.17) is 10.8 Å². The third-order valence-electron chi connectivity index (χ3n) is 2.69. The molecule has 0 radical (unpaired) electrons. The van der Waals surface area contributed by atoms with E-state index in [0.29, 0.717) is 4.47 Å². The first-order chi connectivity index (χ1) is 8.62. The van der Waals surface area contributed by atoms with E-state index in [9.17, 15) is 9.59 Å². The van der Waals surface area contributed by atoms with E-state index in [1.165, 1.54) is 12.1 Å². The fraction of sp³-hybridized carbons (Fsp3) is 0.385. The zero-order chi connectivity index (χ0) is 14.8. The number of rotatable bonds is 3. The van der Waals surface area contributed by atoms with Crippen LogP contribution in [0.15, 0.2) is 22.7 Å². The normalized spacial score (nSPS) is 12.9. The fourth-order valence-corrected chi connectivity index (χ4v) is 1.77. The van der Waals surface area contributed by atoms with Gasteiger partial charge < -0.3 is 16.2 Å². The van der Waals surface area contributed by atoms with Gasteiger partial charge in [-0.1, -0.05) is 36.7 Å². The Labute approximate surface area is 120 Å². The van der Waals surface area contributed by atoms with Crippen LogP contribution in [-0.2, 0) is 4.79 Å². The van der Waals surface area contributed by atoms with E-state index in [1.54, 1.807) is 6.07 Å². The second-order valence-corrected chi connectivity index (χ2v) is 6.24. The number of nitrogens with two attached hydrogens (primary N) is 1. The maximum Gasteiger partial charge on any atom is 0.337 e. The van der Waals surface area contributed by atoms with Gasteiger partial charge >= 0.3 is 5.97 Å². The molecule has 0 saturated heterocycles. The number of benzene rings is 1. The molecule has 1 aromatic rings. The summed E-state index contributed by atoms with van der Waals surface area (Å²) in [7, 11) is 0. The molecule has 0 aliphatic rings. The van der Waals surface area contributed by atoms with Crippen molar-refractivity contribution in [2.45, 2.75) is 26.8 Å². The molecule has 0 bridgehead atoms. The lowest BCUT2D eigenvalue weighted by molar-refractivity contribution is -0.119. The van der Waals surface area contributed by atoms with Crippen molar-refractivity contribution in [1.82, 2.24) is 0 Å². The summed E-state index contributed by atoms with van der Waals surface area (Å²) in [4.78, 5) is 23.1. The molecule has 1 rings (SSSR count). The molecule has 1 aromatic carbocycles. The Morgan fingerprint density at radius 2 is 1.95 bits per heavy atom. The molecule has 104 valence electrons. The Morgan fingerprint density at radius 3 is 2.42 bits per heavy atom. The van der Waals surface area contributed by atoms with Crippen LogP contribution in [-0.4, -0.2) is 23.0 Å². The van der Waals surface area contributed by atoms with E-state index in [-0.39, 0.29) is 11.3 Å². The van der Waals surface area contributed by atoms with Crippen LogP contribution in [0.1, 0.15) is 31.1 Å². The summed E-state index contributed by atoms with van der Waals surface area (Å²) in [6.07, 6.45) is 0. The topological polar surface area (TPSA) is 92.4 Å². The lowest BCUT2D eigenvalue weighted by atomic mass is 9.87. The number of amides is 1. The SMILES string of the molecule is CC(C)(C)[C@H](N)C(=O)Nc1ccc(Br)cc1C(=O)O. The number of hydrogen-bond donors (Lipinski definition) is 3. The van der Waals surface area contributed by atoms with Gasteiger partial charge in [-0.2, -0.15) is 0 Å². The number of carbonyl (C=O) groups is 2. The van der Waals surface area contributed by atoms with Crippen molar-refractivity contribution < 1.29 is 14.7 Å². The van der Waals surface area contributed by atoms with E-state index >= 15 is 0 Å². The van der Waals surface area contributed by atoms with Crippen molar-refractivity contribution in [3.05, 3.63) is 28.2 Å². The molecule has 0 aliphatic heterocycles. The number of carbonyl (C=O) groups excluding carboxylic acids is 1. The molecule has 4 N–H and O–H groups in total. The van der Waals surface area contributed by atoms with Crippen molar-refractivity contribution >= 4 is 33.5 Å². The summed E-state index contributed by atoms with van der Waals surface area (Å²) < 4.78 is 0.628. The van der Waals surface area contributed by atoms with Crippen LogP contribution in [0.2, 0.25) is 0 Å². The van der Waals surface area contributed by atoms with Gasteiger partial charge in [0.1, 0.15) is 0 Å². The predicted octanol–water partition coefficient (Wildman–Crippen LogP) is 2.46. The first-order valence-corrected chi connectivity index (χ1v) is 6.51. The van der Waals surface area contributed by atoms with E-state index in [0.717, 1.165) is 0 Å². The quantitative estimate of drug-likeness (QED) is 0.794. The molecule has 0 spiro atoms. The van der Waals surface area contributed by atoms with E-state index in [1.807, 2.05) is 20.8 Å². The zero-order valence-electron chi connectivity index (χ0n) is 11.0. The summed E-state index contributed by atoms with van der Waals surface area (Å²) >= 11 is 3.19. The Hall–Kier alpha value is -1.40. The van der Waals surface area contributed by atoms with Crippen molar-refractivity contribution in [1.29, 1.82) is 0 Å². The molecule has 0 fully saturated rings. The average Bonchev–Trinajstić information content (AvgIpc) is 2.28. The lowest BCUT2D eigenvalue weighted by Crippen LogP contribution is -2.45. The Bertz CT molecular complexity index is 509. The van der Waals surface area contributed by atoms with Gasteiger partial charge in [0.05, 0.1) is 17.3 Å². The van der Waals surface area contributed by atoms with Crippen molar-refractivity contribution in [3.63, 3.8) is 0 Å². The van der Waals surface area contributed by atoms with Crippen LogP contribution in [0, 0.1) is 5.41 Å². The van der Waals surface area contributed by atoms with Crippen molar-refractivity contribution in [2.24, 2.45) is 11.1 Å². The molecule has 19 heavy (non-hydrogen) atoms. The summed E-state index contributed by atoms with van der Waals surface area (Å²) in [5, 5.41) is 11.7. The van der Waals surface area contributed by atoms with Crippen LogP contribution in [0.25, 0.3) is 0 Å². The Balaban J connectivity index is 3.00. The lowest BCUT2D eigenvalue weighted by Gasteiger charge is -2.26. The second-order valence-electron chi connectivity index (χ2n) is 5.33. The van der Waals surface area contributed by atoms with Crippen LogP contribution in [0.3, 0.4) is 0 Å². The third-order valence-corrected chi connectivity index (χ3v) is 3.18. The highest BCUT2D eigenvalue weighted by Gasteiger charge is 2.28. The highest BCUT2D eigenvalue weighted by molar-refractivity contribution is 9.10. The van der Waals surface area contributed by atoms with Crippen LogP contribution in [0.5, 0.6) is 0 Å². The van der Waals surface area contributed by atoms with Crippen LogP contribution in [0.4, 0.5) is 5.69 Å². The van der Waals surface area contributed by atoms with Crippen molar-refractivity contribution in [2.75, 3.05) is 5.32 Å². The van der Waals surface area contributed by atoms with E-state index in [2.05, 4.69) is 21.2 Å². The Morgan fingerprint density at radius 1 is 1.37 bits per heavy atom. The minimum Gasteiger partial charge on any atom is -0.478 e. The minimum atomic E-state index is -1.11. The number of hydrogen-bond acceptors (Lipinski definition) is 3. The monoisotopic (exact) mass is 328 g/mol. The van der Waals surface area contributed by atoms with Crippen LogP contribution >= 0.6 is 15.9 Å². The van der Waals surface area contributed by atoms with Gasteiger partial charge in [-0.25, -0.2) is 4.79 Å². The third kappa shape index (κ3) is 4.04. The first kappa shape index (κ1) is 15.7. The summed E-state index contributed by atoms with van der Waals surface area (Å²) in [6.45, 7) is 5.53. The number of aromatic carboxylic acids is 1. The van der Waals surface area contributed by atoms with Gasteiger partial charge in [0.25, 0.3) is 0 Å². The second kappa shape index (κ2) is 5.71. The first-order valence-electron chi connectivity index (χ1n) is 5.72. The highest BCUT2D eigenvalue weighted by atomic mass is 79.9. The fourth-order valence-electron chi connectivity index (χ4n) is 1.41. The molecule has 1 atom stereocenters. The maximum absolute atomic E-state index is 12.0. The van der Waals surface area contributed by atoms with Gasteiger partial charge in [-0.3, -0.25) is 4.79 Å². The van der Waals surface area contributed by atoms with Gasteiger partial charge in [0, 0.05) is 4.47 Å². The summed E-state index contributed by atoms with van der Waals surface area (Å²) in [6, 6.07) is 3.89. The minimum absolute atomic E-state index is 0.0174. The molecular weight excluding hydrogens is 312 g/mol. The number of carboxylic acid groups (broad SMARTS) is 1. The number of carboxylic acids is 1. The standard InChI is InChI=1S/C13H17BrN2O3/c1-13(2,3)10(15)11(17)16-9-5-4-7(14)6-8(9)12(18)19/h4-6,10H,15H2,1-3H3,(H,16,17)(H,18,19)/t10-/m1/s1. The predicted molar refractivity (Wildman–Crippen MR) is 77.2 cm³/mol. The van der Waals surface area contributed by atoms with Gasteiger partial charge in [0.15, 0.2) is 0 Å². The zero-order valence-corrected chi connectivity index (χ0v) is 12.6.